The first-order chi connectivity index (χ1) is 9.70. The highest BCUT2D eigenvalue weighted by molar-refractivity contribution is 5.53. The minimum Gasteiger partial charge on any atom is -0.421 e. The Balaban J connectivity index is 1.96. The summed E-state index contributed by atoms with van der Waals surface area (Å²) in [4.78, 5) is 0. The molecular weight excluding hydrogens is 264 g/mol. The number of hydrogen-bond donors (Lipinski definition) is 1. The molecule has 0 aliphatic heterocycles. The quantitative estimate of drug-likeness (QED) is 0.793. The Morgan fingerprint density at radius 3 is 2.85 bits per heavy atom. The first-order valence-corrected chi connectivity index (χ1v) is 6.69. The Morgan fingerprint density at radius 2 is 2.05 bits per heavy atom. The molecule has 2 rings (SSSR count). The summed E-state index contributed by atoms with van der Waals surface area (Å²) in [5.41, 5.74) is -0.00661. The van der Waals surface area contributed by atoms with E-state index in [9.17, 15) is 8.78 Å². The van der Waals surface area contributed by atoms with Crippen LogP contribution in [0.25, 0.3) is 11.5 Å². The van der Waals surface area contributed by atoms with Crippen LogP contribution in [0.15, 0.2) is 22.6 Å². The first kappa shape index (κ1) is 14.6. The summed E-state index contributed by atoms with van der Waals surface area (Å²) < 4.78 is 32.0. The Bertz CT molecular complexity index is 557. The Hall–Kier alpha value is -1.82. The third-order valence-electron chi connectivity index (χ3n) is 2.80. The molecule has 0 unspecified atom stereocenters. The van der Waals surface area contributed by atoms with Crippen LogP contribution in [-0.4, -0.2) is 23.3 Å². The Kier molecular flexibility index (Phi) is 5.17. The standard InChI is InChI=1S/C14H17F2N3O/c1-2-7-17-8-3-4-13-18-19-14(20-13)11-9-10(15)5-6-12(11)16/h5-6,9,17H,2-4,7-8H2,1H3. The molecular formula is C14H17F2N3O. The summed E-state index contributed by atoms with van der Waals surface area (Å²) in [6, 6.07) is 3.15. The second kappa shape index (κ2) is 7.09. The number of nitrogens with zero attached hydrogens (tertiary/aromatic N) is 2. The van der Waals surface area contributed by atoms with Crippen molar-refractivity contribution in [1.29, 1.82) is 0 Å². The van der Waals surface area contributed by atoms with Gasteiger partial charge in [-0.05, 0) is 44.1 Å². The van der Waals surface area contributed by atoms with Crippen LogP contribution in [0.5, 0.6) is 0 Å². The van der Waals surface area contributed by atoms with Crippen molar-refractivity contribution in [2.75, 3.05) is 13.1 Å². The van der Waals surface area contributed by atoms with Gasteiger partial charge in [-0.25, -0.2) is 8.78 Å². The van der Waals surface area contributed by atoms with Gasteiger partial charge >= 0.3 is 0 Å². The number of halogens is 2. The van der Waals surface area contributed by atoms with Crippen molar-refractivity contribution >= 4 is 0 Å². The molecule has 0 atom stereocenters. The van der Waals surface area contributed by atoms with Crippen molar-refractivity contribution in [2.24, 2.45) is 0 Å². The molecule has 1 aromatic carbocycles. The van der Waals surface area contributed by atoms with Crippen molar-refractivity contribution in [2.45, 2.75) is 26.2 Å². The third kappa shape index (κ3) is 3.84. The zero-order valence-electron chi connectivity index (χ0n) is 11.3. The smallest absolute Gasteiger partial charge is 0.250 e. The van der Waals surface area contributed by atoms with E-state index in [-0.39, 0.29) is 11.5 Å². The van der Waals surface area contributed by atoms with Gasteiger partial charge in [-0.3, -0.25) is 0 Å². The molecule has 2 aromatic rings. The highest BCUT2D eigenvalue weighted by atomic mass is 19.1. The van der Waals surface area contributed by atoms with E-state index < -0.39 is 11.6 Å². The molecule has 0 spiro atoms. The summed E-state index contributed by atoms with van der Waals surface area (Å²) in [7, 11) is 0. The highest BCUT2D eigenvalue weighted by Crippen LogP contribution is 2.22. The second-order valence-corrected chi connectivity index (χ2v) is 4.48. The number of hydrogen-bond acceptors (Lipinski definition) is 4. The zero-order valence-corrected chi connectivity index (χ0v) is 11.3. The van der Waals surface area contributed by atoms with Crippen molar-refractivity contribution in [3.05, 3.63) is 35.7 Å². The molecule has 1 N–H and O–H groups in total. The fourth-order valence-corrected chi connectivity index (χ4v) is 1.79. The highest BCUT2D eigenvalue weighted by Gasteiger charge is 2.13. The van der Waals surface area contributed by atoms with Gasteiger partial charge in [0, 0.05) is 6.42 Å². The minimum atomic E-state index is -0.578. The lowest BCUT2D eigenvalue weighted by atomic mass is 10.2. The fourth-order valence-electron chi connectivity index (χ4n) is 1.79. The number of aromatic nitrogens is 2. The molecule has 4 nitrogen and oxygen atoms in total. The molecule has 0 bridgehead atoms. The number of nitrogens with one attached hydrogen (secondary N) is 1. The molecule has 6 heteroatoms. The largest absolute Gasteiger partial charge is 0.421 e. The number of aryl methyl sites for hydroxylation is 1. The number of benzene rings is 1. The van der Waals surface area contributed by atoms with Crippen LogP contribution in [0.1, 0.15) is 25.7 Å². The summed E-state index contributed by atoms with van der Waals surface area (Å²) in [5, 5.41) is 10.9. The van der Waals surface area contributed by atoms with Gasteiger partial charge in [-0.2, -0.15) is 0 Å². The van der Waals surface area contributed by atoms with Crippen LogP contribution < -0.4 is 5.32 Å². The molecule has 0 amide bonds. The third-order valence-corrected chi connectivity index (χ3v) is 2.80. The van der Waals surface area contributed by atoms with E-state index in [0.717, 1.165) is 44.1 Å². The van der Waals surface area contributed by atoms with Gasteiger partial charge in [0.05, 0.1) is 5.56 Å². The molecule has 0 aliphatic carbocycles. The lowest BCUT2D eigenvalue weighted by Gasteiger charge is -2.00. The monoisotopic (exact) mass is 281 g/mol. The molecule has 1 aromatic heterocycles. The van der Waals surface area contributed by atoms with Gasteiger partial charge < -0.3 is 9.73 Å². The molecule has 0 aliphatic rings. The summed E-state index contributed by atoms with van der Waals surface area (Å²) in [6.07, 6.45) is 2.55. The van der Waals surface area contributed by atoms with Crippen LogP contribution in [-0.2, 0) is 6.42 Å². The maximum atomic E-state index is 13.6. The molecule has 0 saturated carbocycles. The van der Waals surface area contributed by atoms with Gasteiger partial charge in [0.1, 0.15) is 11.6 Å². The van der Waals surface area contributed by atoms with Crippen LogP contribution in [0.3, 0.4) is 0 Å². The topological polar surface area (TPSA) is 51.0 Å². The Morgan fingerprint density at radius 1 is 1.20 bits per heavy atom. The SMILES string of the molecule is CCCNCCCc1nnc(-c2cc(F)ccc2F)o1. The van der Waals surface area contributed by atoms with Crippen LogP contribution in [0.4, 0.5) is 8.78 Å². The van der Waals surface area contributed by atoms with E-state index in [1.807, 2.05) is 0 Å². The maximum absolute atomic E-state index is 13.6. The van der Waals surface area contributed by atoms with Crippen molar-refractivity contribution in [3.8, 4) is 11.5 Å². The lowest BCUT2D eigenvalue weighted by Crippen LogP contribution is -2.16. The van der Waals surface area contributed by atoms with Crippen LogP contribution in [0, 0.1) is 11.6 Å². The molecule has 20 heavy (non-hydrogen) atoms. The van der Waals surface area contributed by atoms with Gasteiger partial charge in [0.2, 0.25) is 5.89 Å². The average molecular weight is 281 g/mol. The number of rotatable bonds is 7. The summed E-state index contributed by atoms with van der Waals surface area (Å²) in [5.74, 6) is -0.670. The second-order valence-electron chi connectivity index (χ2n) is 4.48. The predicted molar refractivity (Wildman–Crippen MR) is 71.1 cm³/mol. The van der Waals surface area contributed by atoms with E-state index in [0.29, 0.717) is 12.3 Å². The average Bonchev–Trinajstić information content (AvgIpc) is 2.90. The molecule has 0 radical (unpaired) electrons. The van der Waals surface area contributed by atoms with Gasteiger partial charge in [-0.1, -0.05) is 6.92 Å². The van der Waals surface area contributed by atoms with Crippen molar-refractivity contribution in [3.63, 3.8) is 0 Å². The first-order valence-electron chi connectivity index (χ1n) is 6.69. The van der Waals surface area contributed by atoms with Crippen molar-refractivity contribution < 1.29 is 13.2 Å². The molecule has 108 valence electrons. The van der Waals surface area contributed by atoms with Gasteiger partial charge in [-0.15, -0.1) is 10.2 Å². The maximum Gasteiger partial charge on any atom is 0.250 e. The predicted octanol–water partition coefficient (Wildman–Crippen LogP) is 2.95. The van der Waals surface area contributed by atoms with Gasteiger partial charge in [0.15, 0.2) is 0 Å². The van der Waals surface area contributed by atoms with E-state index >= 15 is 0 Å². The van der Waals surface area contributed by atoms with Gasteiger partial charge in [0.25, 0.3) is 5.89 Å². The minimum absolute atomic E-state index is 0.00661. The lowest BCUT2D eigenvalue weighted by molar-refractivity contribution is 0.487. The van der Waals surface area contributed by atoms with Crippen LogP contribution >= 0.6 is 0 Å². The van der Waals surface area contributed by atoms with Crippen molar-refractivity contribution in [1.82, 2.24) is 15.5 Å². The summed E-state index contributed by atoms with van der Waals surface area (Å²) >= 11 is 0. The normalized spacial score (nSPS) is 10.9. The fraction of sp³-hybridized carbons (Fsp3) is 0.429. The molecule has 1 heterocycles. The van der Waals surface area contributed by atoms with E-state index in [1.165, 1.54) is 0 Å². The van der Waals surface area contributed by atoms with E-state index in [4.69, 9.17) is 4.42 Å². The van der Waals surface area contributed by atoms with E-state index in [2.05, 4.69) is 22.4 Å². The molecule has 0 saturated heterocycles. The summed E-state index contributed by atoms with van der Waals surface area (Å²) in [6.45, 7) is 3.94. The zero-order chi connectivity index (χ0) is 14.4. The molecule has 0 fully saturated rings. The van der Waals surface area contributed by atoms with E-state index in [1.54, 1.807) is 0 Å². The Labute approximate surface area is 116 Å². The van der Waals surface area contributed by atoms with Crippen LogP contribution in [0.2, 0.25) is 0 Å².